The molecular formula is C25H19F2N3O3. The third-order valence-electron chi connectivity index (χ3n) is 5.73. The number of nitrogens with one attached hydrogen (secondary N) is 1. The number of hydrogen-bond acceptors (Lipinski definition) is 3. The maximum Gasteiger partial charge on any atom is 0.332 e. The minimum Gasteiger partial charge on any atom is -0.329 e. The van der Waals surface area contributed by atoms with Gasteiger partial charge in [-0.05, 0) is 42.8 Å². The summed E-state index contributed by atoms with van der Waals surface area (Å²) in [5, 5.41) is 0. The number of H-pyrrole nitrogens is 1. The summed E-state index contributed by atoms with van der Waals surface area (Å²) in [6, 6.07) is 12.8. The number of aromatic amines is 1. The molecule has 2 heterocycles. The number of aromatic nitrogens is 1. The lowest BCUT2D eigenvalue weighted by Gasteiger charge is -2.45. The molecule has 1 unspecified atom stereocenters. The quantitative estimate of drug-likeness (QED) is 0.608. The maximum absolute atomic E-state index is 14.9. The Hall–Kier alpha value is -4.25. The van der Waals surface area contributed by atoms with Gasteiger partial charge in [0.1, 0.15) is 5.69 Å². The van der Waals surface area contributed by atoms with E-state index in [-0.39, 0.29) is 17.5 Å². The van der Waals surface area contributed by atoms with Crippen LogP contribution in [0.15, 0.2) is 65.6 Å². The molecule has 1 N–H and O–H groups in total. The second-order valence-electron chi connectivity index (χ2n) is 7.87. The van der Waals surface area contributed by atoms with Crippen molar-refractivity contribution in [2.45, 2.75) is 18.9 Å². The van der Waals surface area contributed by atoms with Crippen LogP contribution in [0.1, 0.15) is 30.0 Å². The molecule has 0 saturated carbocycles. The third kappa shape index (κ3) is 4.01. The van der Waals surface area contributed by atoms with Crippen LogP contribution in [-0.2, 0) is 10.3 Å². The highest BCUT2D eigenvalue weighted by Gasteiger charge is 2.47. The van der Waals surface area contributed by atoms with E-state index in [2.05, 4.69) is 16.8 Å². The van der Waals surface area contributed by atoms with Gasteiger partial charge in [-0.3, -0.25) is 9.59 Å². The predicted molar refractivity (Wildman–Crippen MR) is 118 cm³/mol. The van der Waals surface area contributed by atoms with Crippen LogP contribution >= 0.6 is 0 Å². The molecule has 1 aliphatic rings. The largest absolute Gasteiger partial charge is 0.332 e. The normalized spacial score (nSPS) is 18.2. The number of urea groups is 1. The summed E-state index contributed by atoms with van der Waals surface area (Å²) in [7, 11) is 1.43. The highest BCUT2D eigenvalue weighted by molar-refractivity contribution is 6.16. The van der Waals surface area contributed by atoms with Crippen LogP contribution in [0.3, 0.4) is 0 Å². The van der Waals surface area contributed by atoms with Crippen LogP contribution in [0, 0.1) is 23.5 Å². The van der Waals surface area contributed by atoms with E-state index in [0.717, 1.165) is 12.1 Å². The van der Waals surface area contributed by atoms with Crippen LogP contribution in [-0.4, -0.2) is 28.9 Å². The summed E-state index contributed by atoms with van der Waals surface area (Å²) >= 11 is 0. The summed E-state index contributed by atoms with van der Waals surface area (Å²) in [6.07, 6.45) is 1.17. The fourth-order valence-electron chi connectivity index (χ4n) is 3.74. The number of benzene rings is 2. The lowest BCUT2D eigenvalue weighted by Crippen LogP contribution is -2.60. The molecule has 1 aromatic heterocycles. The topological polar surface area (TPSA) is 73.5 Å². The Bertz CT molecular complexity index is 1330. The van der Waals surface area contributed by atoms with E-state index in [0.29, 0.717) is 16.0 Å². The number of carbonyl (C=O) groups is 2. The maximum atomic E-state index is 14.9. The van der Waals surface area contributed by atoms with Crippen LogP contribution in [0.4, 0.5) is 19.3 Å². The monoisotopic (exact) mass is 447 g/mol. The zero-order valence-corrected chi connectivity index (χ0v) is 17.9. The molecule has 0 spiro atoms. The number of nitrogens with zero attached hydrogens (tertiary/aromatic N) is 2. The minimum absolute atomic E-state index is 0.0703. The van der Waals surface area contributed by atoms with Crippen molar-refractivity contribution in [3.63, 3.8) is 0 Å². The average Bonchev–Trinajstić information content (AvgIpc) is 2.79. The second-order valence-corrected chi connectivity index (χ2v) is 7.87. The Balaban J connectivity index is 1.68. The minimum atomic E-state index is -1.11. The number of halogens is 2. The second kappa shape index (κ2) is 8.36. The fraction of sp³-hybridized carbons (Fsp3) is 0.160. The molecule has 4 rings (SSSR count). The van der Waals surface area contributed by atoms with Crippen molar-refractivity contribution < 1.29 is 18.4 Å². The molecule has 1 saturated heterocycles. The van der Waals surface area contributed by atoms with Gasteiger partial charge in [0, 0.05) is 30.4 Å². The zero-order chi connectivity index (χ0) is 23.8. The lowest BCUT2D eigenvalue weighted by atomic mass is 9.86. The van der Waals surface area contributed by atoms with E-state index >= 15 is 0 Å². The van der Waals surface area contributed by atoms with E-state index in [1.165, 1.54) is 30.3 Å². The molecule has 0 bridgehead atoms. The van der Waals surface area contributed by atoms with Gasteiger partial charge in [-0.2, -0.15) is 0 Å². The average molecular weight is 447 g/mol. The molecule has 1 aliphatic heterocycles. The summed E-state index contributed by atoms with van der Waals surface area (Å²) < 4.78 is 29.9. The Morgan fingerprint density at radius 3 is 2.18 bits per heavy atom. The van der Waals surface area contributed by atoms with Crippen molar-refractivity contribution in [3.05, 3.63) is 99.5 Å². The van der Waals surface area contributed by atoms with Gasteiger partial charge < -0.3 is 9.88 Å². The molecular weight excluding hydrogens is 428 g/mol. The highest BCUT2D eigenvalue weighted by Crippen LogP contribution is 2.38. The van der Waals surface area contributed by atoms with Crippen molar-refractivity contribution in [1.82, 2.24) is 9.88 Å². The summed E-state index contributed by atoms with van der Waals surface area (Å²) in [5.74, 6) is 2.57. The number of amides is 3. The van der Waals surface area contributed by atoms with Crippen LogP contribution < -0.4 is 10.5 Å². The van der Waals surface area contributed by atoms with Crippen LogP contribution in [0.25, 0.3) is 0 Å². The van der Waals surface area contributed by atoms with Gasteiger partial charge in [0.05, 0.1) is 12.0 Å². The number of imide groups is 1. The Labute approximate surface area is 188 Å². The Kier molecular flexibility index (Phi) is 5.56. The molecule has 33 heavy (non-hydrogen) atoms. The van der Waals surface area contributed by atoms with E-state index in [9.17, 15) is 23.2 Å². The van der Waals surface area contributed by atoms with Gasteiger partial charge in [0.2, 0.25) is 11.5 Å². The zero-order valence-electron chi connectivity index (χ0n) is 17.9. The van der Waals surface area contributed by atoms with Gasteiger partial charge in [0.25, 0.3) is 0 Å². The van der Waals surface area contributed by atoms with Crippen molar-refractivity contribution in [2.24, 2.45) is 0 Å². The van der Waals surface area contributed by atoms with Gasteiger partial charge in [-0.25, -0.2) is 18.5 Å². The molecule has 0 aliphatic carbocycles. The standard InChI is InChI=1S/C25H19F2N3O3/c1-25(18-10-11-21(31)28-15-18)14-22(32)30(24(33)29(25)2)23-19(26)12-17(13-20(23)27)9-8-16-6-4-3-5-7-16/h3-7,10-13,15H,14H2,1-2H3,(H,28,31). The molecule has 1 fully saturated rings. The first-order valence-electron chi connectivity index (χ1n) is 10.1. The van der Waals surface area contributed by atoms with Gasteiger partial charge in [-0.1, -0.05) is 30.0 Å². The first kappa shape index (κ1) is 22.0. The molecule has 6 nitrogen and oxygen atoms in total. The smallest absolute Gasteiger partial charge is 0.329 e. The molecule has 166 valence electrons. The van der Waals surface area contributed by atoms with Gasteiger partial charge >= 0.3 is 6.03 Å². The third-order valence-corrected chi connectivity index (χ3v) is 5.73. The van der Waals surface area contributed by atoms with Crippen LogP contribution in [0.2, 0.25) is 0 Å². The molecule has 1 atom stereocenters. The number of anilines is 1. The van der Waals surface area contributed by atoms with Crippen molar-refractivity contribution in [2.75, 3.05) is 11.9 Å². The summed E-state index contributed by atoms with van der Waals surface area (Å²) in [5.41, 5.74) is -0.931. The first-order valence-corrected chi connectivity index (χ1v) is 10.1. The fourth-order valence-corrected chi connectivity index (χ4v) is 3.74. The van der Waals surface area contributed by atoms with E-state index in [1.807, 2.05) is 6.07 Å². The van der Waals surface area contributed by atoms with E-state index in [4.69, 9.17) is 0 Å². The van der Waals surface area contributed by atoms with Gasteiger partial charge in [0.15, 0.2) is 11.6 Å². The van der Waals surface area contributed by atoms with Crippen LogP contribution in [0.5, 0.6) is 0 Å². The molecule has 3 aromatic rings. The molecule has 8 heteroatoms. The number of rotatable bonds is 2. The number of hydrogen-bond donors (Lipinski definition) is 1. The van der Waals surface area contributed by atoms with E-state index < -0.39 is 34.8 Å². The predicted octanol–water partition coefficient (Wildman–Crippen LogP) is 3.76. The molecule has 3 amide bonds. The molecule has 0 radical (unpaired) electrons. The van der Waals surface area contributed by atoms with Crippen molar-refractivity contribution >= 4 is 17.6 Å². The van der Waals surface area contributed by atoms with Crippen molar-refractivity contribution in [3.8, 4) is 11.8 Å². The summed E-state index contributed by atoms with van der Waals surface area (Å²) in [4.78, 5) is 41.7. The number of carbonyl (C=O) groups excluding carboxylic acids is 2. The van der Waals surface area contributed by atoms with E-state index in [1.54, 1.807) is 31.2 Å². The summed E-state index contributed by atoms with van der Waals surface area (Å²) in [6.45, 7) is 1.64. The first-order chi connectivity index (χ1) is 15.7. The Morgan fingerprint density at radius 1 is 0.939 bits per heavy atom. The van der Waals surface area contributed by atoms with Gasteiger partial charge in [-0.15, -0.1) is 0 Å². The molecule has 2 aromatic carbocycles. The lowest BCUT2D eigenvalue weighted by molar-refractivity contribution is -0.122. The SMILES string of the molecule is CN1C(=O)N(c2c(F)cc(C#Cc3ccccc3)cc2F)C(=O)CC1(C)c1ccc(=O)[nH]c1. The number of pyridine rings is 1. The highest BCUT2D eigenvalue weighted by atomic mass is 19.1. The Morgan fingerprint density at radius 2 is 1.58 bits per heavy atom. The van der Waals surface area contributed by atoms with Crippen molar-refractivity contribution in [1.29, 1.82) is 0 Å².